The van der Waals surface area contributed by atoms with Gasteiger partial charge in [0.1, 0.15) is 10.4 Å². The van der Waals surface area contributed by atoms with Crippen LogP contribution in [0.25, 0.3) is 10.9 Å². The van der Waals surface area contributed by atoms with Gasteiger partial charge in [-0.3, -0.25) is 4.98 Å². The second-order valence-corrected chi connectivity index (χ2v) is 8.61. The first-order valence-corrected chi connectivity index (χ1v) is 10.0. The molecule has 4 nitrogen and oxygen atoms in total. The number of hydrogen-bond acceptors (Lipinski definition) is 4. The molecule has 3 aromatic rings. The average molecular weight is 471 g/mol. The summed E-state index contributed by atoms with van der Waals surface area (Å²) >= 11 is 6.81. The first-order chi connectivity index (χ1) is 11.3. The van der Waals surface area contributed by atoms with E-state index in [4.69, 9.17) is 4.18 Å². The fraction of sp³-hybridized carbons (Fsp3) is 0.118. The van der Waals surface area contributed by atoms with Gasteiger partial charge < -0.3 is 4.18 Å². The van der Waals surface area contributed by atoms with Crippen molar-refractivity contribution in [2.24, 2.45) is 0 Å². The molecule has 2 aromatic carbocycles. The van der Waals surface area contributed by atoms with E-state index in [-0.39, 0.29) is 10.6 Å². The van der Waals surface area contributed by atoms with E-state index < -0.39 is 10.1 Å². The predicted octanol–water partition coefficient (Wildman–Crippen LogP) is 5.14. The highest BCUT2D eigenvalue weighted by atomic mass is 79.9. The van der Waals surface area contributed by atoms with Crippen molar-refractivity contribution in [1.82, 2.24) is 4.98 Å². The van der Waals surface area contributed by atoms with Crippen molar-refractivity contribution in [3.63, 3.8) is 0 Å². The fourth-order valence-corrected chi connectivity index (χ4v) is 4.75. The Morgan fingerprint density at radius 3 is 2.46 bits per heavy atom. The van der Waals surface area contributed by atoms with E-state index in [1.807, 2.05) is 19.9 Å². The van der Waals surface area contributed by atoms with Crippen LogP contribution in [0, 0.1) is 13.8 Å². The molecule has 0 saturated heterocycles. The molecule has 0 aliphatic heterocycles. The lowest BCUT2D eigenvalue weighted by atomic mass is 10.1. The number of halogens is 2. The fourth-order valence-electron chi connectivity index (χ4n) is 2.25. The van der Waals surface area contributed by atoms with Gasteiger partial charge in [0.05, 0.1) is 4.47 Å². The van der Waals surface area contributed by atoms with E-state index in [1.54, 1.807) is 36.5 Å². The Morgan fingerprint density at radius 1 is 1.00 bits per heavy atom. The van der Waals surface area contributed by atoms with Crippen LogP contribution in [0.5, 0.6) is 5.75 Å². The molecule has 0 atom stereocenters. The monoisotopic (exact) mass is 469 g/mol. The molecule has 0 radical (unpaired) electrons. The summed E-state index contributed by atoms with van der Waals surface area (Å²) in [4.78, 5) is 4.38. The minimum atomic E-state index is -3.96. The third kappa shape index (κ3) is 3.20. The zero-order chi connectivity index (χ0) is 17.5. The zero-order valence-electron chi connectivity index (χ0n) is 12.9. The maximum absolute atomic E-state index is 12.7. The van der Waals surface area contributed by atoms with E-state index in [2.05, 4.69) is 36.8 Å². The number of rotatable bonds is 3. The van der Waals surface area contributed by atoms with Crippen molar-refractivity contribution < 1.29 is 12.6 Å². The summed E-state index contributed by atoms with van der Waals surface area (Å²) in [5, 5.41) is 0.769. The number of fused-ring (bicyclic) bond motifs is 1. The molecule has 0 saturated carbocycles. The molecule has 0 aliphatic rings. The number of aromatic nitrogens is 1. The lowest BCUT2D eigenvalue weighted by molar-refractivity contribution is 0.486. The Morgan fingerprint density at radius 2 is 1.75 bits per heavy atom. The molecule has 0 aliphatic carbocycles. The van der Waals surface area contributed by atoms with Gasteiger partial charge in [-0.2, -0.15) is 8.42 Å². The topological polar surface area (TPSA) is 56.3 Å². The first kappa shape index (κ1) is 17.4. The van der Waals surface area contributed by atoms with Gasteiger partial charge in [0, 0.05) is 16.1 Å². The van der Waals surface area contributed by atoms with Crippen molar-refractivity contribution in [1.29, 1.82) is 0 Å². The lowest BCUT2D eigenvalue weighted by Gasteiger charge is -2.12. The van der Waals surface area contributed by atoms with E-state index in [1.165, 1.54) is 0 Å². The summed E-state index contributed by atoms with van der Waals surface area (Å²) in [6.45, 7) is 3.79. The maximum atomic E-state index is 12.7. The highest BCUT2D eigenvalue weighted by Crippen LogP contribution is 2.38. The summed E-state index contributed by atoms with van der Waals surface area (Å²) in [7, 11) is -3.96. The number of aryl methyl sites for hydroxylation is 2. The number of pyridine rings is 1. The summed E-state index contributed by atoms with van der Waals surface area (Å²) in [6, 6.07) is 10.3. The van der Waals surface area contributed by atoms with Crippen molar-refractivity contribution in [2.75, 3.05) is 0 Å². The molecule has 0 bridgehead atoms. The second kappa shape index (κ2) is 6.46. The largest absolute Gasteiger partial charge is 0.375 e. The zero-order valence-corrected chi connectivity index (χ0v) is 16.9. The van der Waals surface area contributed by atoms with Gasteiger partial charge in [-0.1, -0.05) is 28.1 Å². The van der Waals surface area contributed by atoms with Gasteiger partial charge in [0.2, 0.25) is 0 Å². The van der Waals surface area contributed by atoms with Crippen molar-refractivity contribution in [3.05, 3.63) is 62.7 Å². The van der Waals surface area contributed by atoms with Crippen LogP contribution in [-0.4, -0.2) is 13.4 Å². The van der Waals surface area contributed by atoms with Gasteiger partial charge in [-0.25, -0.2) is 0 Å². The molecule has 0 spiro atoms. The van der Waals surface area contributed by atoms with Crippen LogP contribution in [0.1, 0.15) is 11.1 Å². The molecular formula is C17H13Br2NO3S. The van der Waals surface area contributed by atoms with Gasteiger partial charge >= 0.3 is 10.1 Å². The van der Waals surface area contributed by atoms with E-state index in [0.29, 0.717) is 9.99 Å². The Hall–Kier alpha value is -1.44. The lowest BCUT2D eigenvalue weighted by Crippen LogP contribution is -2.11. The molecule has 3 rings (SSSR count). The summed E-state index contributed by atoms with van der Waals surface area (Å²) < 4.78 is 32.1. The quantitative estimate of drug-likeness (QED) is 0.497. The Kier molecular flexibility index (Phi) is 4.68. The second-order valence-electron chi connectivity index (χ2n) is 5.35. The Labute approximate surface area is 157 Å². The molecule has 1 aromatic heterocycles. The van der Waals surface area contributed by atoms with Crippen molar-refractivity contribution in [2.45, 2.75) is 18.7 Å². The van der Waals surface area contributed by atoms with Crippen molar-refractivity contribution >= 4 is 52.9 Å². The third-order valence-electron chi connectivity index (χ3n) is 3.71. The van der Waals surface area contributed by atoms with E-state index in [0.717, 1.165) is 21.0 Å². The molecule has 7 heteroatoms. The molecule has 0 amide bonds. The van der Waals surface area contributed by atoms with Gasteiger partial charge in [0.15, 0.2) is 5.75 Å². The van der Waals surface area contributed by atoms with Crippen LogP contribution in [0.4, 0.5) is 0 Å². The van der Waals surface area contributed by atoms with E-state index >= 15 is 0 Å². The molecular weight excluding hydrogens is 458 g/mol. The molecule has 24 heavy (non-hydrogen) atoms. The van der Waals surface area contributed by atoms with Crippen molar-refractivity contribution in [3.8, 4) is 5.75 Å². The normalized spacial score (nSPS) is 11.7. The minimum absolute atomic E-state index is 0.115. The Bertz CT molecular complexity index is 1050. The summed E-state index contributed by atoms with van der Waals surface area (Å²) in [6.07, 6.45) is 1.59. The number of benzene rings is 2. The molecule has 0 fully saturated rings. The van der Waals surface area contributed by atoms with Crippen LogP contribution in [0.2, 0.25) is 0 Å². The van der Waals surface area contributed by atoms with Crippen LogP contribution in [-0.2, 0) is 10.1 Å². The smallest absolute Gasteiger partial charge is 0.339 e. The number of nitrogens with zero attached hydrogens (tertiary/aromatic N) is 1. The van der Waals surface area contributed by atoms with Crippen LogP contribution < -0.4 is 4.18 Å². The summed E-state index contributed by atoms with van der Waals surface area (Å²) in [5.41, 5.74) is 2.37. The average Bonchev–Trinajstić information content (AvgIpc) is 2.54. The van der Waals surface area contributed by atoms with Gasteiger partial charge in [-0.15, -0.1) is 0 Å². The highest BCUT2D eigenvalue weighted by Gasteiger charge is 2.22. The predicted molar refractivity (Wildman–Crippen MR) is 101 cm³/mol. The highest BCUT2D eigenvalue weighted by molar-refractivity contribution is 9.11. The molecule has 0 unspecified atom stereocenters. The van der Waals surface area contributed by atoms with Gasteiger partial charge in [0.25, 0.3) is 0 Å². The minimum Gasteiger partial charge on any atom is -0.375 e. The standard InChI is InChI=1S/C17H13Br2NO3S/c1-10-5-6-12(8-11(10)2)24(21,22)23-17-15(19)9-14(18)13-4-3-7-20-16(13)17/h3-9H,1-2H3. The third-order valence-corrected chi connectivity index (χ3v) is 6.17. The maximum Gasteiger partial charge on any atom is 0.339 e. The van der Waals surface area contributed by atoms with Crippen LogP contribution in [0.15, 0.2) is 56.4 Å². The Balaban J connectivity index is 2.14. The number of hydrogen-bond donors (Lipinski definition) is 0. The van der Waals surface area contributed by atoms with E-state index in [9.17, 15) is 8.42 Å². The summed E-state index contributed by atoms with van der Waals surface area (Å²) in [5.74, 6) is 0.173. The SMILES string of the molecule is Cc1ccc(S(=O)(=O)Oc2c(Br)cc(Br)c3cccnc23)cc1C. The molecule has 124 valence electrons. The van der Waals surface area contributed by atoms with Crippen LogP contribution in [0.3, 0.4) is 0 Å². The molecule has 1 heterocycles. The van der Waals surface area contributed by atoms with Crippen LogP contribution >= 0.6 is 31.9 Å². The molecule has 0 N–H and O–H groups in total. The van der Waals surface area contributed by atoms with Gasteiger partial charge in [-0.05, 0) is 65.2 Å². The first-order valence-electron chi connectivity index (χ1n) is 7.04.